The van der Waals surface area contributed by atoms with Crippen molar-refractivity contribution < 1.29 is 5.11 Å². The van der Waals surface area contributed by atoms with Crippen LogP contribution in [0.2, 0.25) is 0 Å². The Morgan fingerprint density at radius 1 is 1.14 bits per heavy atom. The van der Waals surface area contributed by atoms with Gasteiger partial charge in [0.05, 0.1) is 6.10 Å². The third-order valence-electron chi connectivity index (χ3n) is 5.07. The smallest absolute Gasteiger partial charge is 0.0917 e. The van der Waals surface area contributed by atoms with Crippen LogP contribution in [0.15, 0.2) is 42.5 Å². The zero-order valence-electron chi connectivity index (χ0n) is 13.0. The molecule has 1 aliphatic rings. The Morgan fingerprint density at radius 2 is 1.90 bits per heavy atom. The first kappa shape index (κ1) is 14.6. The minimum atomic E-state index is -0.401. The molecule has 112 valence electrons. The molecule has 0 saturated carbocycles. The van der Waals surface area contributed by atoms with E-state index in [2.05, 4.69) is 55.1 Å². The maximum atomic E-state index is 10.6. The number of aliphatic hydroxyl groups excluding tert-OH is 1. The Bertz CT molecular complexity index is 609. The highest BCUT2D eigenvalue weighted by molar-refractivity contribution is 5.83. The van der Waals surface area contributed by atoms with Crippen molar-refractivity contribution in [2.45, 2.75) is 38.8 Å². The van der Waals surface area contributed by atoms with Gasteiger partial charge in [0.25, 0.3) is 0 Å². The molecule has 2 nitrogen and oxygen atoms in total. The number of fused-ring (bicyclic) bond motifs is 1. The van der Waals surface area contributed by atoms with E-state index in [4.69, 9.17) is 0 Å². The van der Waals surface area contributed by atoms with Crippen LogP contribution < -0.4 is 0 Å². The summed E-state index contributed by atoms with van der Waals surface area (Å²) in [4.78, 5) is 2.44. The van der Waals surface area contributed by atoms with Gasteiger partial charge in [-0.3, -0.25) is 4.90 Å². The van der Waals surface area contributed by atoms with Crippen LogP contribution in [0.25, 0.3) is 10.8 Å². The van der Waals surface area contributed by atoms with E-state index in [-0.39, 0.29) is 0 Å². The molecule has 1 fully saturated rings. The summed E-state index contributed by atoms with van der Waals surface area (Å²) in [7, 11) is 0. The van der Waals surface area contributed by atoms with Gasteiger partial charge >= 0.3 is 0 Å². The van der Waals surface area contributed by atoms with E-state index in [1.165, 1.54) is 23.6 Å². The summed E-state index contributed by atoms with van der Waals surface area (Å²) < 4.78 is 0. The van der Waals surface area contributed by atoms with E-state index in [0.717, 1.165) is 24.6 Å². The van der Waals surface area contributed by atoms with E-state index >= 15 is 0 Å². The zero-order valence-corrected chi connectivity index (χ0v) is 13.0. The highest BCUT2D eigenvalue weighted by atomic mass is 16.3. The van der Waals surface area contributed by atoms with Crippen molar-refractivity contribution in [2.75, 3.05) is 13.1 Å². The van der Waals surface area contributed by atoms with Crippen LogP contribution in [0.4, 0.5) is 0 Å². The molecule has 1 heterocycles. The summed E-state index contributed by atoms with van der Waals surface area (Å²) >= 11 is 0. The van der Waals surface area contributed by atoms with Crippen LogP contribution in [0.3, 0.4) is 0 Å². The number of benzene rings is 2. The summed E-state index contributed by atoms with van der Waals surface area (Å²) in [5.74, 6) is 0.725. The lowest BCUT2D eigenvalue weighted by molar-refractivity contribution is 0.0513. The summed E-state index contributed by atoms with van der Waals surface area (Å²) in [5.41, 5.74) is 1.03. The lowest BCUT2D eigenvalue weighted by Gasteiger charge is -2.39. The third kappa shape index (κ3) is 3.12. The topological polar surface area (TPSA) is 23.5 Å². The van der Waals surface area contributed by atoms with E-state index in [9.17, 15) is 5.11 Å². The minimum absolute atomic E-state index is 0.401. The fourth-order valence-corrected chi connectivity index (χ4v) is 3.42. The number of hydrogen-bond acceptors (Lipinski definition) is 2. The maximum Gasteiger partial charge on any atom is 0.0917 e. The summed E-state index contributed by atoms with van der Waals surface area (Å²) in [6.07, 6.45) is 2.15. The molecule has 1 saturated heterocycles. The molecule has 0 amide bonds. The number of hydrogen-bond donors (Lipinski definition) is 1. The average molecular weight is 283 g/mol. The van der Waals surface area contributed by atoms with Gasteiger partial charge in [0.2, 0.25) is 0 Å². The number of nitrogens with zero attached hydrogens (tertiary/aromatic N) is 1. The lowest BCUT2D eigenvalue weighted by Crippen LogP contribution is -2.44. The van der Waals surface area contributed by atoms with Gasteiger partial charge in [0, 0.05) is 12.6 Å². The highest BCUT2D eigenvalue weighted by Gasteiger charge is 2.26. The largest absolute Gasteiger partial charge is 0.387 e. The van der Waals surface area contributed by atoms with Crippen LogP contribution in [0.5, 0.6) is 0 Å². The molecule has 0 bridgehead atoms. The Kier molecular flexibility index (Phi) is 4.27. The molecule has 3 rings (SSSR count). The van der Waals surface area contributed by atoms with Gasteiger partial charge in [-0.25, -0.2) is 0 Å². The van der Waals surface area contributed by atoms with Crippen LogP contribution in [0, 0.1) is 5.92 Å². The molecule has 0 radical (unpaired) electrons. The quantitative estimate of drug-likeness (QED) is 0.920. The van der Waals surface area contributed by atoms with E-state index in [0.29, 0.717) is 6.04 Å². The Morgan fingerprint density at radius 3 is 2.71 bits per heavy atom. The summed E-state index contributed by atoms with van der Waals surface area (Å²) in [5, 5.41) is 13.0. The predicted molar refractivity (Wildman–Crippen MR) is 88.3 cm³/mol. The maximum absolute atomic E-state index is 10.6. The summed E-state index contributed by atoms with van der Waals surface area (Å²) in [6.45, 7) is 6.45. The SMILES string of the molecule is CC1CCCN(CC(O)c2ccc3ccccc3c2)C1C. The normalized spacial score (nSPS) is 25.1. The van der Waals surface area contributed by atoms with Crippen molar-refractivity contribution in [1.82, 2.24) is 4.90 Å². The average Bonchev–Trinajstić information content (AvgIpc) is 2.51. The van der Waals surface area contributed by atoms with Crippen LogP contribution in [-0.4, -0.2) is 29.1 Å². The number of aliphatic hydroxyl groups is 1. The fourth-order valence-electron chi connectivity index (χ4n) is 3.42. The van der Waals surface area contributed by atoms with Crippen LogP contribution >= 0.6 is 0 Å². The van der Waals surface area contributed by atoms with Gasteiger partial charge in [0.1, 0.15) is 0 Å². The van der Waals surface area contributed by atoms with Crippen molar-refractivity contribution in [1.29, 1.82) is 0 Å². The Balaban J connectivity index is 1.75. The number of rotatable bonds is 3. The second kappa shape index (κ2) is 6.17. The van der Waals surface area contributed by atoms with Crippen molar-refractivity contribution in [2.24, 2.45) is 5.92 Å². The molecule has 2 heteroatoms. The zero-order chi connectivity index (χ0) is 14.8. The van der Waals surface area contributed by atoms with Crippen molar-refractivity contribution in [3.63, 3.8) is 0 Å². The molecular formula is C19H25NO. The van der Waals surface area contributed by atoms with Crippen LogP contribution in [-0.2, 0) is 0 Å². The third-order valence-corrected chi connectivity index (χ3v) is 5.07. The first-order valence-corrected chi connectivity index (χ1v) is 8.06. The number of likely N-dealkylation sites (tertiary alicyclic amines) is 1. The molecule has 1 N–H and O–H groups in total. The van der Waals surface area contributed by atoms with E-state index in [1.807, 2.05) is 6.07 Å². The standard InChI is InChI=1S/C19H25NO/c1-14-6-5-11-20(15(14)2)13-19(21)18-10-9-16-7-3-4-8-17(16)12-18/h3-4,7-10,12,14-15,19,21H,5-6,11,13H2,1-2H3. The molecule has 21 heavy (non-hydrogen) atoms. The van der Waals surface area contributed by atoms with Gasteiger partial charge < -0.3 is 5.11 Å². The molecule has 0 spiro atoms. The van der Waals surface area contributed by atoms with E-state index in [1.54, 1.807) is 0 Å². The number of β-amino-alcohol motifs (C(OH)–C–C–N with tert-alkyl or cyclic N) is 1. The lowest BCUT2D eigenvalue weighted by atomic mass is 9.91. The van der Waals surface area contributed by atoms with Gasteiger partial charge in [-0.05, 0) is 54.6 Å². The second-order valence-corrected chi connectivity index (χ2v) is 6.48. The van der Waals surface area contributed by atoms with Gasteiger partial charge in [-0.15, -0.1) is 0 Å². The first-order chi connectivity index (χ1) is 10.1. The molecular weight excluding hydrogens is 258 g/mol. The Labute approximate surface area is 127 Å². The fraction of sp³-hybridized carbons (Fsp3) is 0.474. The van der Waals surface area contributed by atoms with Gasteiger partial charge in [0.15, 0.2) is 0 Å². The minimum Gasteiger partial charge on any atom is -0.387 e. The molecule has 1 aliphatic heterocycles. The predicted octanol–water partition coefficient (Wildman–Crippen LogP) is 3.99. The van der Waals surface area contributed by atoms with E-state index < -0.39 is 6.10 Å². The number of piperidine rings is 1. The molecule has 2 aromatic carbocycles. The molecule has 2 aromatic rings. The van der Waals surface area contributed by atoms with Crippen molar-refractivity contribution in [3.05, 3.63) is 48.0 Å². The molecule has 0 aromatic heterocycles. The van der Waals surface area contributed by atoms with Gasteiger partial charge in [-0.2, -0.15) is 0 Å². The second-order valence-electron chi connectivity index (χ2n) is 6.48. The monoisotopic (exact) mass is 283 g/mol. The molecule has 0 aliphatic carbocycles. The molecule has 3 atom stereocenters. The highest BCUT2D eigenvalue weighted by Crippen LogP contribution is 2.26. The van der Waals surface area contributed by atoms with Crippen molar-refractivity contribution in [3.8, 4) is 0 Å². The summed E-state index contributed by atoms with van der Waals surface area (Å²) in [6, 6.07) is 15.2. The van der Waals surface area contributed by atoms with Crippen LogP contribution in [0.1, 0.15) is 38.4 Å². The molecule has 3 unspecified atom stereocenters. The Hall–Kier alpha value is -1.38. The first-order valence-electron chi connectivity index (χ1n) is 8.06. The van der Waals surface area contributed by atoms with Crippen molar-refractivity contribution >= 4 is 10.8 Å². The van der Waals surface area contributed by atoms with Gasteiger partial charge in [-0.1, -0.05) is 43.3 Å².